The fourth-order valence-electron chi connectivity index (χ4n) is 7.32. The largest absolute Gasteiger partial charge is 0.349 e. The molecule has 1 N–H and O–H groups in total. The molecule has 2 heterocycles. The van der Waals surface area contributed by atoms with E-state index in [0.29, 0.717) is 41.4 Å². The molecule has 9 unspecified atom stereocenters. The van der Waals surface area contributed by atoms with Crippen LogP contribution in [0.25, 0.3) is 0 Å². The molecule has 4 heteroatoms. The maximum absolute atomic E-state index is 12.1. The summed E-state index contributed by atoms with van der Waals surface area (Å²) in [6, 6.07) is 0. The van der Waals surface area contributed by atoms with Gasteiger partial charge in [0.15, 0.2) is 6.29 Å². The molecule has 0 aromatic rings. The van der Waals surface area contributed by atoms with Gasteiger partial charge < -0.3 is 14.6 Å². The average molecular weight is 483 g/mol. The molecule has 9 atom stereocenters. The van der Waals surface area contributed by atoms with Gasteiger partial charge in [0, 0.05) is 11.8 Å². The van der Waals surface area contributed by atoms with Crippen LogP contribution < -0.4 is 0 Å². The average Bonchev–Trinajstić information content (AvgIpc) is 2.94. The van der Waals surface area contributed by atoms with E-state index in [0.717, 1.165) is 12.8 Å². The van der Waals surface area contributed by atoms with E-state index >= 15 is 0 Å². The third kappa shape index (κ3) is 6.58. The van der Waals surface area contributed by atoms with E-state index in [1.807, 2.05) is 0 Å². The van der Waals surface area contributed by atoms with Gasteiger partial charge in [-0.25, -0.2) is 0 Å². The zero-order valence-corrected chi connectivity index (χ0v) is 24.7. The van der Waals surface area contributed by atoms with Gasteiger partial charge in [-0.15, -0.1) is 0 Å². The second-order valence-corrected chi connectivity index (χ2v) is 13.8. The van der Waals surface area contributed by atoms with Crippen LogP contribution in [0, 0.1) is 65.1 Å². The minimum Gasteiger partial charge on any atom is -0.349 e. The number of aliphatic hydroxyl groups is 1. The van der Waals surface area contributed by atoms with Crippen molar-refractivity contribution >= 4 is 0 Å². The van der Waals surface area contributed by atoms with E-state index in [2.05, 4.69) is 90.0 Å². The fourth-order valence-corrected chi connectivity index (χ4v) is 7.32. The Kier molecular flexibility index (Phi) is 10.5. The molecule has 0 aromatic carbocycles. The van der Waals surface area contributed by atoms with E-state index in [4.69, 9.17) is 14.2 Å². The van der Waals surface area contributed by atoms with Crippen LogP contribution in [-0.4, -0.2) is 29.6 Å². The number of hydrogen-bond donors (Lipinski definition) is 1. The van der Waals surface area contributed by atoms with Gasteiger partial charge in [-0.3, -0.25) is 4.74 Å². The number of hydrogen-bond acceptors (Lipinski definition) is 4. The van der Waals surface area contributed by atoms with Crippen molar-refractivity contribution in [2.75, 3.05) is 0 Å². The minimum absolute atomic E-state index is 0.00947. The van der Waals surface area contributed by atoms with Gasteiger partial charge in [-0.2, -0.15) is 0 Å². The lowest BCUT2D eigenvalue weighted by molar-refractivity contribution is -0.437. The molecule has 2 fully saturated rings. The summed E-state index contributed by atoms with van der Waals surface area (Å²) in [4.78, 5) is 0. The molecular formula is C30H58O4. The van der Waals surface area contributed by atoms with Crippen LogP contribution in [0.15, 0.2) is 0 Å². The van der Waals surface area contributed by atoms with Crippen LogP contribution in [-0.2, 0) is 14.2 Å². The normalized spacial score (nSPS) is 39.5. The van der Waals surface area contributed by atoms with E-state index in [1.54, 1.807) is 0 Å². The quantitative estimate of drug-likeness (QED) is 0.326. The number of ether oxygens (including phenoxy) is 3. The standard InChI is InChI=1S/C30H58O4/c1-16(2)14-23-22(13)25(18(5)6)27(20(9)10)29(32-23)34-30(31)28(21(11)12)26(19(7)8)24(33-30)15-17(3)4/h16-29,31H,14-15H2,1-13H3. The van der Waals surface area contributed by atoms with E-state index in [1.165, 1.54) is 0 Å². The number of rotatable bonds is 10. The van der Waals surface area contributed by atoms with E-state index in [9.17, 15) is 5.11 Å². The van der Waals surface area contributed by atoms with Crippen LogP contribution in [0.5, 0.6) is 0 Å². The molecule has 0 aromatic heterocycles. The summed E-state index contributed by atoms with van der Waals surface area (Å²) in [5, 5.41) is 12.1. The molecule has 2 rings (SSSR count). The second kappa shape index (κ2) is 11.9. The van der Waals surface area contributed by atoms with Gasteiger partial charge in [-0.1, -0.05) is 90.0 Å². The van der Waals surface area contributed by atoms with Gasteiger partial charge in [0.05, 0.1) is 12.2 Å². The predicted molar refractivity (Wildman–Crippen MR) is 141 cm³/mol. The lowest BCUT2D eigenvalue weighted by Gasteiger charge is -2.51. The fraction of sp³-hybridized carbons (Fsp3) is 1.00. The Hall–Kier alpha value is -0.160. The third-order valence-electron chi connectivity index (χ3n) is 8.57. The Morgan fingerprint density at radius 1 is 0.676 bits per heavy atom. The van der Waals surface area contributed by atoms with Crippen molar-refractivity contribution in [2.45, 2.75) is 127 Å². The minimum atomic E-state index is -1.62. The third-order valence-corrected chi connectivity index (χ3v) is 8.57. The van der Waals surface area contributed by atoms with Crippen molar-refractivity contribution in [3.63, 3.8) is 0 Å². The monoisotopic (exact) mass is 482 g/mol. The van der Waals surface area contributed by atoms with Gasteiger partial charge in [0.2, 0.25) is 0 Å². The summed E-state index contributed by atoms with van der Waals surface area (Å²) in [7, 11) is 0. The lowest BCUT2D eigenvalue weighted by Crippen LogP contribution is -2.56. The maximum Gasteiger partial charge on any atom is 0.286 e. The highest BCUT2D eigenvalue weighted by Crippen LogP contribution is 2.52. The van der Waals surface area contributed by atoms with Crippen molar-refractivity contribution in [1.82, 2.24) is 0 Å². The molecule has 2 aliphatic rings. The Labute approximate surface area is 211 Å². The molecule has 0 spiro atoms. The van der Waals surface area contributed by atoms with E-state index < -0.39 is 12.3 Å². The summed E-state index contributed by atoms with van der Waals surface area (Å²) in [5.41, 5.74) is 0. The van der Waals surface area contributed by atoms with Crippen molar-refractivity contribution in [1.29, 1.82) is 0 Å². The molecule has 2 saturated heterocycles. The molecular weight excluding hydrogens is 424 g/mol. The Morgan fingerprint density at radius 3 is 1.56 bits per heavy atom. The van der Waals surface area contributed by atoms with Crippen molar-refractivity contribution in [3.05, 3.63) is 0 Å². The smallest absolute Gasteiger partial charge is 0.286 e. The van der Waals surface area contributed by atoms with Crippen molar-refractivity contribution in [2.24, 2.45) is 65.1 Å². The highest BCUT2D eigenvalue weighted by molar-refractivity contribution is 4.96. The van der Waals surface area contributed by atoms with Crippen molar-refractivity contribution in [3.8, 4) is 0 Å². The molecule has 2 aliphatic heterocycles. The molecule has 0 amide bonds. The first-order chi connectivity index (χ1) is 15.6. The maximum atomic E-state index is 12.1. The van der Waals surface area contributed by atoms with Gasteiger partial charge in [0.1, 0.15) is 0 Å². The van der Waals surface area contributed by atoms with E-state index in [-0.39, 0.29) is 35.9 Å². The summed E-state index contributed by atoms with van der Waals surface area (Å²) >= 11 is 0. The summed E-state index contributed by atoms with van der Waals surface area (Å²) in [6.45, 7) is 29.4. The zero-order valence-electron chi connectivity index (χ0n) is 24.7. The topological polar surface area (TPSA) is 47.9 Å². The molecule has 202 valence electrons. The molecule has 0 bridgehead atoms. The second-order valence-electron chi connectivity index (χ2n) is 13.8. The zero-order chi connectivity index (χ0) is 26.1. The SMILES string of the molecule is CC(C)CC1OC(OC2(O)OC(CC(C)C)C(C(C)C)C2C(C)C)C(C(C)C)C(C(C)C)C1C. The van der Waals surface area contributed by atoms with Crippen LogP contribution in [0.2, 0.25) is 0 Å². The van der Waals surface area contributed by atoms with Crippen molar-refractivity contribution < 1.29 is 19.3 Å². The predicted octanol–water partition coefficient (Wildman–Crippen LogP) is 7.59. The first kappa shape index (κ1) is 30.1. The lowest BCUT2D eigenvalue weighted by atomic mass is 9.66. The highest BCUT2D eigenvalue weighted by atomic mass is 16.9. The summed E-state index contributed by atoms with van der Waals surface area (Å²) < 4.78 is 20.0. The molecule has 4 nitrogen and oxygen atoms in total. The first-order valence-corrected chi connectivity index (χ1v) is 14.3. The summed E-state index contributed by atoms with van der Waals surface area (Å²) in [6.07, 6.45) is 1.58. The summed E-state index contributed by atoms with van der Waals surface area (Å²) in [5.74, 6) is 2.26. The first-order valence-electron chi connectivity index (χ1n) is 14.3. The molecule has 0 aliphatic carbocycles. The van der Waals surface area contributed by atoms with Gasteiger partial charge >= 0.3 is 0 Å². The van der Waals surface area contributed by atoms with Crippen LogP contribution in [0.3, 0.4) is 0 Å². The van der Waals surface area contributed by atoms with Gasteiger partial charge in [0.25, 0.3) is 5.97 Å². The van der Waals surface area contributed by atoms with Crippen LogP contribution in [0.4, 0.5) is 0 Å². The molecule has 0 radical (unpaired) electrons. The highest BCUT2D eigenvalue weighted by Gasteiger charge is 2.60. The van der Waals surface area contributed by atoms with Crippen LogP contribution >= 0.6 is 0 Å². The Bertz CT molecular complexity index is 613. The van der Waals surface area contributed by atoms with Gasteiger partial charge in [-0.05, 0) is 66.1 Å². The Morgan fingerprint density at radius 2 is 1.15 bits per heavy atom. The molecule has 34 heavy (non-hydrogen) atoms. The Balaban J connectivity index is 2.47. The molecule has 0 saturated carbocycles. The van der Waals surface area contributed by atoms with Crippen LogP contribution in [0.1, 0.15) is 103 Å².